The van der Waals surface area contributed by atoms with E-state index < -0.39 is 5.91 Å². The van der Waals surface area contributed by atoms with Crippen molar-refractivity contribution in [3.05, 3.63) is 46.4 Å². The van der Waals surface area contributed by atoms with Gasteiger partial charge in [-0.2, -0.15) is 0 Å². The molecule has 0 atom stereocenters. The molecule has 0 aliphatic heterocycles. The van der Waals surface area contributed by atoms with Crippen LogP contribution in [0.4, 0.5) is 5.69 Å². The second-order valence-electron chi connectivity index (χ2n) is 5.28. The molecule has 0 spiro atoms. The molecule has 7 nitrogen and oxygen atoms in total. The van der Waals surface area contributed by atoms with Gasteiger partial charge in [-0.3, -0.25) is 4.79 Å². The van der Waals surface area contributed by atoms with Crippen LogP contribution in [-0.2, 0) is 7.05 Å². The maximum absolute atomic E-state index is 12.2. The van der Waals surface area contributed by atoms with Crippen LogP contribution in [0.5, 0.6) is 17.4 Å². The minimum atomic E-state index is -0.724. The minimum Gasteiger partial charge on any atom is -0.507 e. The van der Waals surface area contributed by atoms with Gasteiger partial charge in [0.25, 0.3) is 5.91 Å². The fourth-order valence-electron chi connectivity index (χ4n) is 2.45. The van der Waals surface area contributed by atoms with Gasteiger partial charge in [-0.1, -0.05) is 15.9 Å². The summed E-state index contributed by atoms with van der Waals surface area (Å²) in [5.41, 5.74) is 0.875. The van der Waals surface area contributed by atoms with Gasteiger partial charge < -0.3 is 19.5 Å². The van der Waals surface area contributed by atoms with Gasteiger partial charge in [-0.15, -0.1) is 10.2 Å². The fourth-order valence-corrected chi connectivity index (χ4v) is 2.81. The Kier molecular flexibility index (Phi) is 4.45. The van der Waals surface area contributed by atoms with Crippen LogP contribution in [-0.4, -0.2) is 27.8 Å². The van der Waals surface area contributed by atoms with Crippen LogP contribution in [0.3, 0.4) is 0 Å². The molecule has 0 saturated carbocycles. The van der Waals surface area contributed by atoms with Gasteiger partial charge in [0.1, 0.15) is 11.5 Å². The van der Waals surface area contributed by atoms with Crippen molar-refractivity contribution in [2.75, 3.05) is 7.11 Å². The molecule has 0 aliphatic rings. The van der Waals surface area contributed by atoms with Crippen LogP contribution in [0, 0.1) is 0 Å². The van der Waals surface area contributed by atoms with Crippen LogP contribution in [0.25, 0.3) is 10.9 Å². The number of benzene rings is 2. The molecule has 1 amide bonds. The number of rotatable bonds is 3. The van der Waals surface area contributed by atoms with Gasteiger partial charge in [0.15, 0.2) is 5.69 Å². The maximum Gasteiger partial charge on any atom is 0.299 e. The SMILES string of the molecule is COc1ccc2c(c1)c(N=NC(=O)c1cc(Br)ccc1O)c(O)n2C. The van der Waals surface area contributed by atoms with E-state index in [2.05, 4.69) is 26.2 Å². The highest BCUT2D eigenvalue weighted by Crippen LogP contribution is 2.39. The number of halogens is 1. The second-order valence-corrected chi connectivity index (χ2v) is 6.20. The molecule has 0 radical (unpaired) electrons. The average molecular weight is 404 g/mol. The van der Waals surface area contributed by atoms with Crippen molar-refractivity contribution >= 4 is 38.4 Å². The number of hydrogen-bond acceptors (Lipinski definition) is 5. The van der Waals surface area contributed by atoms with Crippen molar-refractivity contribution in [2.45, 2.75) is 0 Å². The number of aromatic hydroxyl groups is 2. The molecule has 3 aromatic rings. The summed E-state index contributed by atoms with van der Waals surface area (Å²) in [7, 11) is 3.20. The lowest BCUT2D eigenvalue weighted by Crippen LogP contribution is -1.94. The third-order valence-corrected chi connectivity index (χ3v) is 4.27. The van der Waals surface area contributed by atoms with Crippen LogP contribution in [0.1, 0.15) is 10.4 Å². The molecule has 3 rings (SSSR count). The number of ether oxygens (including phenoxy) is 1. The predicted molar refractivity (Wildman–Crippen MR) is 95.8 cm³/mol. The molecule has 0 bridgehead atoms. The van der Waals surface area contributed by atoms with Gasteiger partial charge >= 0.3 is 0 Å². The number of carbonyl (C=O) groups excluding carboxylic acids is 1. The highest BCUT2D eigenvalue weighted by atomic mass is 79.9. The number of methoxy groups -OCH3 is 1. The summed E-state index contributed by atoms with van der Waals surface area (Å²) in [6.07, 6.45) is 0. The number of amides is 1. The van der Waals surface area contributed by atoms with Gasteiger partial charge in [0.2, 0.25) is 5.88 Å². The molecule has 0 fully saturated rings. The minimum absolute atomic E-state index is 0.00966. The van der Waals surface area contributed by atoms with Gasteiger partial charge in [0, 0.05) is 16.9 Å². The lowest BCUT2D eigenvalue weighted by molar-refractivity contribution is 0.0992. The molecule has 2 N–H and O–H groups in total. The summed E-state index contributed by atoms with van der Waals surface area (Å²) in [4.78, 5) is 12.2. The summed E-state index contributed by atoms with van der Waals surface area (Å²) < 4.78 is 7.34. The number of phenolic OH excluding ortho intramolecular Hbond substituents is 1. The number of carbonyl (C=O) groups is 1. The summed E-state index contributed by atoms with van der Waals surface area (Å²) in [5.74, 6) is -0.460. The molecule has 2 aromatic carbocycles. The molecular formula is C17H14BrN3O4. The van der Waals surface area contributed by atoms with Crippen LogP contribution < -0.4 is 4.74 Å². The number of aryl methyl sites for hydroxylation is 1. The monoisotopic (exact) mass is 403 g/mol. The maximum atomic E-state index is 12.2. The zero-order valence-corrected chi connectivity index (χ0v) is 15.0. The van der Waals surface area contributed by atoms with E-state index in [1.807, 2.05) is 0 Å². The molecule has 25 heavy (non-hydrogen) atoms. The largest absolute Gasteiger partial charge is 0.507 e. The van der Waals surface area contributed by atoms with E-state index >= 15 is 0 Å². The quantitative estimate of drug-likeness (QED) is 0.637. The van der Waals surface area contributed by atoms with E-state index in [0.29, 0.717) is 21.1 Å². The fraction of sp³-hybridized carbons (Fsp3) is 0.118. The van der Waals surface area contributed by atoms with E-state index in [1.54, 1.807) is 31.3 Å². The zero-order valence-electron chi connectivity index (χ0n) is 13.4. The lowest BCUT2D eigenvalue weighted by atomic mass is 10.2. The Balaban J connectivity index is 2.05. The van der Waals surface area contributed by atoms with Crippen molar-refractivity contribution in [1.29, 1.82) is 0 Å². The number of azo groups is 1. The Morgan fingerprint density at radius 2 is 1.96 bits per heavy atom. The molecule has 0 saturated heterocycles. The third kappa shape index (κ3) is 3.08. The van der Waals surface area contributed by atoms with Crippen LogP contribution in [0.15, 0.2) is 51.1 Å². The first kappa shape index (κ1) is 17.0. The van der Waals surface area contributed by atoms with Gasteiger partial charge in [-0.25, -0.2) is 0 Å². The summed E-state index contributed by atoms with van der Waals surface area (Å²) in [6, 6.07) is 9.66. The lowest BCUT2D eigenvalue weighted by Gasteiger charge is -2.00. The van der Waals surface area contributed by atoms with Gasteiger partial charge in [-0.05, 0) is 36.4 Å². The smallest absolute Gasteiger partial charge is 0.299 e. The summed E-state index contributed by atoms with van der Waals surface area (Å²) in [5, 5.41) is 28.2. The number of phenols is 1. The Morgan fingerprint density at radius 1 is 1.20 bits per heavy atom. The molecule has 0 aliphatic carbocycles. The van der Waals surface area contributed by atoms with Gasteiger partial charge in [0.05, 0.1) is 18.2 Å². The molecular weight excluding hydrogens is 390 g/mol. The van der Waals surface area contributed by atoms with E-state index in [1.165, 1.54) is 23.8 Å². The first-order chi connectivity index (χ1) is 11.9. The first-order valence-corrected chi connectivity index (χ1v) is 8.01. The van der Waals surface area contributed by atoms with E-state index in [9.17, 15) is 15.0 Å². The Hall–Kier alpha value is -2.87. The van der Waals surface area contributed by atoms with E-state index in [4.69, 9.17) is 4.74 Å². The van der Waals surface area contributed by atoms with E-state index in [-0.39, 0.29) is 22.9 Å². The van der Waals surface area contributed by atoms with Crippen molar-refractivity contribution < 1.29 is 19.7 Å². The number of hydrogen-bond donors (Lipinski definition) is 2. The Morgan fingerprint density at radius 3 is 2.68 bits per heavy atom. The standard InChI is InChI=1S/C17H14BrN3O4/c1-21-13-5-4-10(25-2)8-11(13)15(17(21)24)19-20-16(23)12-7-9(18)3-6-14(12)22/h3-8,22,24H,1-2H3. The highest BCUT2D eigenvalue weighted by molar-refractivity contribution is 9.10. The zero-order chi connectivity index (χ0) is 18.1. The van der Waals surface area contributed by atoms with Crippen LogP contribution >= 0.6 is 15.9 Å². The highest BCUT2D eigenvalue weighted by Gasteiger charge is 2.17. The molecule has 1 aromatic heterocycles. The van der Waals surface area contributed by atoms with Crippen molar-refractivity contribution in [1.82, 2.24) is 4.57 Å². The third-order valence-electron chi connectivity index (χ3n) is 3.78. The molecule has 8 heteroatoms. The molecule has 128 valence electrons. The summed E-state index contributed by atoms with van der Waals surface area (Å²) in [6.45, 7) is 0. The normalized spacial score (nSPS) is 11.3. The second kappa shape index (κ2) is 6.56. The first-order valence-electron chi connectivity index (χ1n) is 7.22. The van der Waals surface area contributed by atoms with E-state index in [0.717, 1.165) is 0 Å². The number of aromatic nitrogens is 1. The Labute approximate surface area is 151 Å². The van der Waals surface area contributed by atoms with Crippen molar-refractivity contribution in [3.63, 3.8) is 0 Å². The average Bonchev–Trinajstić information content (AvgIpc) is 2.85. The van der Waals surface area contributed by atoms with Crippen molar-refractivity contribution in [2.24, 2.45) is 17.3 Å². The van der Waals surface area contributed by atoms with Crippen LogP contribution in [0.2, 0.25) is 0 Å². The van der Waals surface area contributed by atoms with Crippen molar-refractivity contribution in [3.8, 4) is 17.4 Å². The summed E-state index contributed by atoms with van der Waals surface area (Å²) >= 11 is 3.23. The predicted octanol–water partition coefficient (Wildman–Crippen LogP) is 4.28. The number of nitrogens with zero attached hydrogens (tertiary/aromatic N) is 3. The topological polar surface area (TPSA) is 96.4 Å². The number of fused-ring (bicyclic) bond motifs is 1. The molecule has 1 heterocycles. The molecule has 0 unspecified atom stereocenters. The Bertz CT molecular complexity index is 1010.